The van der Waals surface area contributed by atoms with Gasteiger partial charge in [-0.1, -0.05) is 0 Å². The van der Waals surface area contributed by atoms with Crippen LogP contribution in [-0.4, -0.2) is 52.6 Å². The quantitative estimate of drug-likeness (QED) is 0.769. The van der Waals surface area contributed by atoms with Gasteiger partial charge in [0.15, 0.2) is 11.5 Å². The highest BCUT2D eigenvalue weighted by molar-refractivity contribution is 7.77. The monoisotopic (exact) mass is 365 g/mol. The summed E-state index contributed by atoms with van der Waals surface area (Å²) in [5.41, 5.74) is 0.799. The first-order valence-electron chi connectivity index (χ1n) is 8.06. The molecule has 1 aromatic heterocycles. The second-order valence-electron chi connectivity index (χ2n) is 5.94. The van der Waals surface area contributed by atoms with Gasteiger partial charge in [-0.2, -0.15) is 0 Å². The predicted octanol–water partition coefficient (Wildman–Crippen LogP) is 1.25. The molecule has 1 atom stereocenters. The van der Waals surface area contributed by atoms with E-state index in [4.69, 9.17) is 9.47 Å². The summed E-state index contributed by atoms with van der Waals surface area (Å²) in [5, 5.41) is 0.914. The van der Waals surface area contributed by atoms with Crippen LogP contribution in [0.5, 0.6) is 11.5 Å². The van der Waals surface area contributed by atoms with Crippen LogP contribution in [0.2, 0.25) is 0 Å². The molecule has 25 heavy (non-hydrogen) atoms. The Bertz CT molecular complexity index is 765. The van der Waals surface area contributed by atoms with Crippen molar-refractivity contribution in [2.75, 3.05) is 38.8 Å². The molecule has 1 aliphatic heterocycles. The molecule has 0 saturated carbocycles. The van der Waals surface area contributed by atoms with E-state index in [-0.39, 0.29) is 0 Å². The minimum Gasteiger partial charge on any atom is -0.760 e. The van der Waals surface area contributed by atoms with Gasteiger partial charge in [-0.3, -0.25) is 4.21 Å². The Morgan fingerprint density at radius 3 is 2.56 bits per heavy atom. The lowest BCUT2D eigenvalue weighted by molar-refractivity contribution is 0.355. The number of aromatic nitrogens is 2. The van der Waals surface area contributed by atoms with Crippen molar-refractivity contribution in [3.8, 4) is 11.5 Å². The van der Waals surface area contributed by atoms with E-state index in [1.54, 1.807) is 20.5 Å². The van der Waals surface area contributed by atoms with Crippen molar-refractivity contribution in [3.05, 3.63) is 18.5 Å². The van der Waals surface area contributed by atoms with Gasteiger partial charge in [0.25, 0.3) is 0 Å². The third-order valence-corrected chi connectivity index (χ3v) is 4.93. The summed E-state index contributed by atoms with van der Waals surface area (Å²) in [4.78, 5) is 11.0. The van der Waals surface area contributed by atoms with E-state index in [2.05, 4.69) is 19.6 Å². The van der Waals surface area contributed by atoms with Gasteiger partial charge in [-0.25, -0.2) is 14.7 Å². The van der Waals surface area contributed by atoms with Crippen LogP contribution < -0.4 is 19.1 Å². The highest BCUT2D eigenvalue weighted by atomic mass is 32.2. The zero-order chi connectivity index (χ0) is 17.8. The molecule has 1 N–H and O–H groups in total. The molecule has 1 unspecified atom stereocenters. The molecule has 0 radical (unpaired) electrons. The number of hydrogen-bond acceptors (Lipinski definition) is 7. The fourth-order valence-electron chi connectivity index (χ4n) is 3.16. The first kappa shape index (κ1) is 17.8. The van der Waals surface area contributed by atoms with Gasteiger partial charge in [0.05, 0.1) is 19.7 Å². The zero-order valence-corrected chi connectivity index (χ0v) is 15.0. The second-order valence-corrected chi connectivity index (χ2v) is 6.69. The maximum Gasteiger partial charge on any atom is 0.162 e. The van der Waals surface area contributed by atoms with Crippen LogP contribution in [0, 0.1) is 5.92 Å². The topological polar surface area (TPSA) is 99.6 Å². The summed E-state index contributed by atoms with van der Waals surface area (Å²) >= 11 is -2.20. The lowest BCUT2D eigenvalue weighted by Crippen LogP contribution is -2.38. The molecule has 1 fully saturated rings. The Morgan fingerprint density at radius 2 is 1.92 bits per heavy atom. The van der Waals surface area contributed by atoms with Gasteiger partial charge >= 0.3 is 0 Å². The number of hydrogen-bond donors (Lipinski definition) is 1. The number of nitrogens with one attached hydrogen (secondary N) is 1. The first-order chi connectivity index (χ1) is 12.1. The van der Waals surface area contributed by atoms with Gasteiger partial charge in [0.1, 0.15) is 12.1 Å². The number of fused-ring (bicyclic) bond motifs is 1. The number of rotatable bonds is 6. The summed E-state index contributed by atoms with van der Waals surface area (Å²) in [5.74, 6) is 2.49. The summed E-state index contributed by atoms with van der Waals surface area (Å²) in [6, 6.07) is 3.75. The van der Waals surface area contributed by atoms with Crippen molar-refractivity contribution in [3.63, 3.8) is 0 Å². The fraction of sp³-hybridized carbons (Fsp3) is 0.500. The van der Waals surface area contributed by atoms with Crippen molar-refractivity contribution in [1.29, 1.82) is 0 Å². The van der Waals surface area contributed by atoms with E-state index in [9.17, 15) is 8.76 Å². The van der Waals surface area contributed by atoms with E-state index >= 15 is 0 Å². The van der Waals surface area contributed by atoms with Gasteiger partial charge in [0.2, 0.25) is 0 Å². The molecule has 1 saturated heterocycles. The van der Waals surface area contributed by atoms with Crippen molar-refractivity contribution >= 4 is 28.0 Å². The number of piperidine rings is 1. The Hall–Kier alpha value is -1.97. The van der Waals surface area contributed by atoms with E-state index in [1.165, 1.54) is 0 Å². The number of benzene rings is 1. The van der Waals surface area contributed by atoms with Crippen molar-refractivity contribution < 1.29 is 18.2 Å². The Morgan fingerprint density at radius 1 is 1.24 bits per heavy atom. The SMILES string of the molecule is COc1cc2ncnc(N3CCC(CNS(=O)[O-])CC3)c2cc1OC. The largest absolute Gasteiger partial charge is 0.760 e. The standard InChI is InChI=1S/C16H22N4O4S/c1-23-14-7-12-13(8-15(14)24-2)17-10-18-16(12)20-5-3-11(4-6-20)9-19-25(21)22/h7-8,10-11,19H,3-6,9H2,1-2H3,(H,21,22)/p-1. The van der Waals surface area contributed by atoms with Crippen LogP contribution >= 0.6 is 0 Å². The molecule has 1 aromatic carbocycles. The van der Waals surface area contributed by atoms with Crippen LogP contribution in [0.15, 0.2) is 18.5 Å². The number of nitrogens with zero attached hydrogens (tertiary/aromatic N) is 3. The van der Waals surface area contributed by atoms with Gasteiger partial charge in [0, 0.05) is 42.4 Å². The lowest BCUT2D eigenvalue weighted by Gasteiger charge is -2.33. The molecule has 0 aliphatic carbocycles. The van der Waals surface area contributed by atoms with Crippen LogP contribution in [-0.2, 0) is 11.3 Å². The average molecular weight is 365 g/mol. The molecule has 1 aliphatic rings. The zero-order valence-electron chi connectivity index (χ0n) is 14.2. The Kier molecular flexibility index (Phi) is 5.67. The molecule has 8 nitrogen and oxygen atoms in total. The van der Waals surface area contributed by atoms with Gasteiger partial charge in [-0.05, 0) is 24.8 Å². The molecule has 0 bridgehead atoms. The molecule has 0 spiro atoms. The third-order valence-electron chi connectivity index (χ3n) is 4.52. The molecule has 9 heteroatoms. The molecule has 2 aromatic rings. The van der Waals surface area contributed by atoms with Crippen LogP contribution in [0.1, 0.15) is 12.8 Å². The Labute approximate surface area is 149 Å². The highest BCUT2D eigenvalue weighted by Gasteiger charge is 2.22. The highest BCUT2D eigenvalue weighted by Crippen LogP contribution is 2.35. The minimum atomic E-state index is -2.20. The van der Waals surface area contributed by atoms with E-state index in [1.807, 2.05) is 12.1 Å². The molecular weight excluding hydrogens is 344 g/mol. The van der Waals surface area contributed by atoms with Gasteiger partial charge in [-0.15, -0.1) is 0 Å². The molecule has 0 amide bonds. The summed E-state index contributed by atoms with van der Waals surface area (Å²) in [7, 11) is 3.20. The third kappa shape index (κ3) is 4.00. The number of anilines is 1. The smallest absolute Gasteiger partial charge is 0.162 e. The second kappa shape index (κ2) is 7.94. The van der Waals surface area contributed by atoms with Crippen LogP contribution in [0.3, 0.4) is 0 Å². The number of methoxy groups -OCH3 is 2. The molecular formula is C16H21N4O4S-. The van der Waals surface area contributed by atoms with Crippen molar-refractivity contribution in [1.82, 2.24) is 14.7 Å². The lowest BCUT2D eigenvalue weighted by atomic mass is 9.97. The molecule has 3 rings (SSSR count). The number of ether oxygens (including phenoxy) is 2. The van der Waals surface area contributed by atoms with Crippen molar-refractivity contribution in [2.24, 2.45) is 5.92 Å². The molecule has 2 heterocycles. The summed E-state index contributed by atoms with van der Waals surface area (Å²) in [6.45, 7) is 2.12. The minimum absolute atomic E-state index is 0.344. The summed E-state index contributed by atoms with van der Waals surface area (Å²) in [6.07, 6.45) is 3.36. The normalized spacial score (nSPS) is 16.8. The maximum atomic E-state index is 10.6. The maximum absolute atomic E-state index is 10.6. The van der Waals surface area contributed by atoms with E-state index in [0.29, 0.717) is 24.0 Å². The predicted molar refractivity (Wildman–Crippen MR) is 94.5 cm³/mol. The van der Waals surface area contributed by atoms with Crippen LogP contribution in [0.25, 0.3) is 10.9 Å². The van der Waals surface area contributed by atoms with Crippen LogP contribution in [0.4, 0.5) is 5.82 Å². The van der Waals surface area contributed by atoms with Gasteiger partial charge < -0.3 is 18.9 Å². The van der Waals surface area contributed by atoms with E-state index < -0.39 is 11.3 Å². The fourth-order valence-corrected chi connectivity index (χ4v) is 3.53. The summed E-state index contributed by atoms with van der Waals surface area (Å²) < 4.78 is 34.4. The average Bonchev–Trinajstić information content (AvgIpc) is 2.65. The Balaban J connectivity index is 1.81. The first-order valence-corrected chi connectivity index (χ1v) is 9.14. The van der Waals surface area contributed by atoms with E-state index in [0.717, 1.165) is 42.7 Å². The van der Waals surface area contributed by atoms with Crippen molar-refractivity contribution in [2.45, 2.75) is 12.8 Å². The molecule has 136 valence electrons.